The predicted molar refractivity (Wildman–Crippen MR) is 108 cm³/mol. The lowest BCUT2D eigenvalue weighted by Crippen LogP contribution is -2.06. The molecule has 4 heterocycles. The number of hydrogen-bond acceptors (Lipinski definition) is 5. The summed E-state index contributed by atoms with van der Waals surface area (Å²) in [4.78, 5) is 16.0. The fourth-order valence-corrected chi connectivity index (χ4v) is 4.06. The number of fused-ring (bicyclic) bond motifs is 2. The molecule has 1 atom stereocenters. The summed E-state index contributed by atoms with van der Waals surface area (Å²) in [6.45, 7) is 2.53. The molecule has 0 aromatic carbocycles. The average molecular weight is 410 g/mol. The van der Waals surface area contributed by atoms with E-state index in [9.17, 15) is 4.39 Å². The summed E-state index contributed by atoms with van der Waals surface area (Å²) in [6.07, 6.45) is 9.58. The molecule has 0 saturated carbocycles. The van der Waals surface area contributed by atoms with E-state index in [1.54, 1.807) is 0 Å². The number of aromatic nitrogens is 6. The van der Waals surface area contributed by atoms with Gasteiger partial charge in [0.05, 0.1) is 11.9 Å². The van der Waals surface area contributed by atoms with Gasteiger partial charge in [0, 0.05) is 35.1 Å². The summed E-state index contributed by atoms with van der Waals surface area (Å²) in [5.74, 6) is -0.177. The molecule has 0 spiro atoms. The topological polar surface area (TPSA) is 97.8 Å². The van der Waals surface area contributed by atoms with Crippen molar-refractivity contribution in [2.24, 2.45) is 5.73 Å². The number of pyridine rings is 1. The highest BCUT2D eigenvalue weighted by Gasteiger charge is 2.29. The Morgan fingerprint density at radius 2 is 2.17 bits per heavy atom. The molecule has 1 aliphatic rings. The van der Waals surface area contributed by atoms with Gasteiger partial charge in [-0.25, -0.2) is 9.37 Å². The molecule has 0 aliphatic heterocycles. The minimum Gasteiger partial charge on any atom is -0.361 e. The third-order valence-electron chi connectivity index (χ3n) is 5.19. The number of nitrogens with zero attached hydrogens (tertiary/aromatic N) is 5. The Labute approximate surface area is 170 Å². The number of aryl methyl sites for hydroxylation is 1. The first-order valence-electron chi connectivity index (χ1n) is 9.19. The van der Waals surface area contributed by atoms with Crippen molar-refractivity contribution in [3.63, 3.8) is 0 Å². The molecule has 7 nitrogen and oxygen atoms in total. The Hall–Kier alpha value is -3.10. The largest absolute Gasteiger partial charge is 0.361 e. The zero-order valence-electron chi connectivity index (χ0n) is 15.5. The van der Waals surface area contributed by atoms with Crippen LogP contribution in [0.4, 0.5) is 4.39 Å². The van der Waals surface area contributed by atoms with E-state index >= 15 is 0 Å². The molecular weight excluding hydrogens is 393 g/mol. The maximum absolute atomic E-state index is 13.6. The molecule has 0 bridgehead atoms. The van der Waals surface area contributed by atoms with Crippen LogP contribution in [-0.2, 0) is 6.42 Å². The molecule has 9 heteroatoms. The average Bonchev–Trinajstić information content (AvgIpc) is 3.38. The standard InChI is InChI=1S/C20H17ClFN7/c1-10-17(14-2-3-15-16(14)11(4-5-23)8-25-15)28-29-19(10)26-18(27-20(29)21)12-6-13(22)9-24-7-12/h2-3,6-9,14,25H,4-5,23H2,1H3. The van der Waals surface area contributed by atoms with Crippen LogP contribution < -0.4 is 5.73 Å². The number of rotatable bonds is 4. The minimum atomic E-state index is -0.462. The molecule has 4 aromatic rings. The van der Waals surface area contributed by atoms with E-state index in [0.717, 1.165) is 29.6 Å². The fraction of sp³-hybridized carbons (Fsp3) is 0.200. The zero-order valence-corrected chi connectivity index (χ0v) is 16.3. The maximum atomic E-state index is 13.6. The van der Waals surface area contributed by atoms with E-state index in [-0.39, 0.29) is 11.2 Å². The van der Waals surface area contributed by atoms with Crippen molar-refractivity contribution in [2.45, 2.75) is 19.3 Å². The van der Waals surface area contributed by atoms with Crippen LogP contribution in [0.1, 0.15) is 34.0 Å². The number of nitrogens with one attached hydrogen (secondary N) is 1. The molecular formula is C20H17ClFN7. The number of halogens is 2. The van der Waals surface area contributed by atoms with Gasteiger partial charge in [0.25, 0.3) is 0 Å². The fourth-order valence-electron chi connectivity index (χ4n) is 3.86. The van der Waals surface area contributed by atoms with E-state index in [1.165, 1.54) is 27.9 Å². The summed E-state index contributed by atoms with van der Waals surface area (Å²) < 4.78 is 15.1. The molecule has 0 saturated heterocycles. The van der Waals surface area contributed by atoms with E-state index in [1.807, 2.05) is 13.1 Å². The quantitative estimate of drug-likeness (QED) is 0.539. The van der Waals surface area contributed by atoms with Crippen LogP contribution >= 0.6 is 11.6 Å². The van der Waals surface area contributed by atoms with E-state index in [4.69, 9.17) is 22.4 Å². The Morgan fingerprint density at radius 1 is 1.31 bits per heavy atom. The highest BCUT2D eigenvalue weighted by molar-refractivity contribution is 6.28. The normalized spacial score (nSPS) is 15.4. The number of hydrogen-bond donors (Lipinski definition) is 2. The van der Waals surface area contributed by atoms with Crippen LogP contribution in [0.2, 0.25) is 5.28 Å². The predicted octanol–water partition coefficient (Wildman–Crippen LogP) is 3.28. The Morgan fingerprint density at radius 3 is 2.97 bits per heavy atom. The lowest BCUT2D eigenvalue weighted by Gasteiger charge is -2.10. The first kappa shape index (κ1) is 18.0. The molecule has 1 unspecified atom stereocenters. The van der Waals surface area contributed by atoms with Gasteiger partial charge in [-0.3, -0.25) is 4.98 Å². The summed E-state index contributed by atoms with van der Waals surface area (Å²) in [6, 6.07) is 1.33. The van der Waals surface area contributed by atoms with Crippen molar-refractivity contribution < 1.29 is 4.39 Å². The van der Waals surface area contributed by atoms with Gasteiger partial charge in [-0.2, -0.15) is 14.6 Å². The van der Waals surface area contributed by atoms with Crippen molar-refractivity contribution in [1.29, 1.82) is 0 Å². The summed E-state index contributed by atoms with van der Waals surface area (Å²) in [5, 5.41) is 4.85. The molecule has 146 valence electrons. The van der Waals surface area contributed by atoms with Crippen LogP contribution in [0.15, 0.2) is 30.7 Å². The van der Waals surface area contributed by atoms with Crippen LogP contribution in [0.5, 0.6) is 0 Å². The van der Waals surface area contributed by atoms with Gasteiger partial charge in [0.15, 0.2) is 11.5 Å². The van der Waals surface area contributed by atoms with Gasteiger partial charge >= 0.3 is 0 Å². The van der Waals surface area contributed by atoms with Crippen LogP contribution in [0.25, 0.3) is 23.1 Å². The second-order valence-electron chi connectivity index (χ2n) is 6.97. The molecule has 0 radical (unpaired) electrons. The molecule has 3 N–H and O–H groups in total. The monoisotopic (exact) mass is 409 g/mol. The Balaban J connectivity index is 1.65. The van der Waals surface area contributed by atoms with Gasteiger partial charge in [0.1, 0.15) is 5.82 Å². The second-order valence-corrected chi connectivity index (χ2v) is 7.31. The lowest BCUT2D eigenvalue weighted by atomic mass is 9.93. The third kappa shape index (κ3) is 2.83. The molecule has 5 rings (SSSR count). The van der Waals surface area contributed by atoms with Crippen molar-refractivity contribution in [1.82, 2.24) is 29.5 Å². The van der Waals surface area contributed by atoms with Crippen LogP contribution in [0, 0.1) is 12.7 Å². The Kier molecular flexibility index (Phi) is 4.18. The summed E-state index contributed by atoms with van der Waals surface area (Å²) in [7, 11) is 0. The second kappa shape index (κ2) is 6.75. The molecule has 4 aromatic heterocycles. The highest BCUT2D eigenvalue weighted by Crippen LogP contribution is 2.39. The summed E-state index contributed by atoms with van der Waals surface area (Å²) in [5.41, 5.74) is 12.0. The first-order chi connectivity index (χ1) is 14.1. The van der Waals surface area contributed by atoms with Gasteiger partial charge < -0.3 is 10.7 Å². The van der Waals surface area contributed by atoms with Crippen LogP contribution in [0.3, 0.4) is 0 Å². The molecule has 1 aliphatic carbocycles. The number of nitrogens with two attached hydrogens (primary N) is 1. The van der Waals surface area contributed by atoms with Crippen molar-refractivity contribution in [3.05, 3.63) is 69.9 Å². The molecule has 0 amide bonds. The van der Waals surface area contributed by atoms with Crippen molar-refractivity contribution >= 4 is 23.3 Å². The SMILES string of the molecule is Cc1c(C2C=Cc3[nH]cc(CCN)c32)nn2c(Cl)nc(-c3cncc(F)c3)nc12. The third-order valence-corrected chi connectivity index (χ3v) is 5.43. The van der Waals surface area contributed by atoms with Crippen molar-refractivity contribution in [2.75, 3.05) is 6.54 Å². The van der Waals surface area contributed by atoms with Gasteiger partial charge in [-0.15, -0.1) is 0 Å². The number of aromatic amines is 1. The maximum Gasteiger partial charge on any atom is 0.227 e. The van der Waals surface area contributed by atoms with E-state index in [0.29, 0.717) is 23.6 Å². The molecule has 29 heavy (non-hydrogen) atoms. The van der Waals surface area contributed by atoms with Crippen LogP contribution in [-0.4, -0.2) is 36.1 Å². The smallest absolute Gasteiger partial charge is 0.227 e. The Bertz CT molecular complexity index is 1270. The minimum absolute atomic E-state index is 0.0187. The van der Waals surface area contributed by atoms with Gasteiger partial charge in [-0.05, 0) is 54.8 Å². The summed E-state index contributed by atoms with van der Waals surface area (Å²) >= 11 is 6.40. The van der Waals surface area contributed by atoms with Crippen molar-refractivity contribution in [3.8, 4) is 11.4 Å². The van der Waals surface area contributed by atoms with E-state index < -0.39 is 5.82 Å². The highest BCUT2D eigenvalue weighted by atomic mass is 35.5. The van der Waals surface area contributed by atoms with Gasteiger partial charge in [-0.1, -0.05) is 6.08 Å². The number of H-pyrrole nitrogens is 1. The van der Waals surface area contributed by atoms with E-state index in [2.05, 4.69) is 32.1 Å². The molecule has 0 fully saturated rings. The zero-order chi connectivity index (χ0) is 20.1. The first-order valence-corrected chi connectivity index (χ1v) is 9.56. The lowest BCUT2D eigenvalue weighted by molar-refractivity contribution is 0.622. The van der Waals surface area contributed by atoms with Gasteiger partial charge in [0.2, 0.25) is 5.28 Å². The number of allylic oxidation sites excluding steroid dienone is 1.